The molecule has 2 rings (SSSR count). The van der Waals surface area contributed by atoms with Crippen LogP contribution in [0.25, 0.3) is 0 Å². The molecular formula is C13H26N2S. The van der Waals surface area contributed by atoms with E-state index in [1.54, 1.807) is 0 Å². The third kappa shape index (κ3) is 3.14. The molecule has 2 fully saturated rings. The number of nitrogens with one attached hydrogen (secondary N) is 1. The van der Waals surface area contributed by atoms with Crippen molar-refractivity contribution < 1.29 is 0 Å². The maximum atomic E-state index is 5.95. The third-order valence-electron chi connectivity index (χ3n) is 4.33. The average molecular weight is 242 g/mol. The Labute approximate surface area is 104 Å². The van der Waals surface area contributed by atoms with E-state index in [1.165, 1.54) is 43.6 Å². The molecule has 0 bridgehead atoms. The summed E-state index contributed by atoms with van der Waals surface area (Å²) >= 11 is 2.11. The number of nitrogens with two attached hydrogens (primary N) is 1. The highest BCUT2D eigenvalue weighted by Gasteiger charge is 2.34. The van der Waals surface area contributed by atoms with Crippen molar-refractivity contribution in [3.63, 3.8) is 0 Å². The minimum absolute atomic E-state index is 0.465. The molecule has 1 saturated heterocycles. The smallest absolute Gasteiger partial charge is 0.0212 e. The highest BCUT2D eigenvalue weighted by atomic mass is 32.2. The van der Waals surface area contributed by atoms with Gasteiger partial charge in [-0.15, -0.1) is 0 Å². The topological polar surface area (TPSA) is 38.0 Å². The predicted molar refractivity (Wildman–Crippen MR) is 72.9 cm³/mol. The van der Waals surface area contributed by atoms with E-state index >= 15 is 0 Å². The van der Waals surface area contributed by atoms with Gasteiger partial charge in [0.25, 0.3) is 0 Å². The van der Waals surface area contributed by atoms with E-state index in [2.05, 4.69) is 30.9 Å². The van der Waals surface area contributed by atoms with Gasteiger partial charge in [0.2, 0.25) is 0 Å². The molecule has 16 heavy (non-hydrogen) atoms. The van der Waals surface area contributed by atoms with E-state index in [1.807, 2.05) is 0 Å². The fourth-order valence-electron chi connectivity index (χ4n) is 2.78. The van der Waals surface area contributed by atoms with E-state index in [4.69, 9.17) is 5.73 Å². The van der Waals surface area contributed by atoms with Crippen LogP contribution in [0.1, 0.15) is 46.0 Å². The van der Waals surface area contributed by atoms with Crippen molar-refractivity contribution in [2.75, 3.05) is 11.5 Å². The van der Waals surface area contributed by atoms with Crippen molar-refractivity contribution >= 4 is 11.8 Å². The Morgan fingerprint density at radius 3 is 2.50 bits per heavy atom. The van der Waals surface area contributed by atoms with Crippen LogP contribution in [0.2, 0.25) is 0 Å². The summed E-state index contributed by atoms with van der Waals surface area (Å²) in [5.74, 6) is 2.62. The van der Waals surface area contributed by atoms with Crippen molar-refractivity contribution in [3.05, 3.63) is 0 Å². The van der Waals surface area contributed by atoms with E-state index in [-0.39, 0.29) is 0 Å². The molecule has 0 spiro atoms. The Morgan fingerprint density at radius 2 is 1.88 bits per heavy atom. The summed E-state index contributed by atoms with van der Waals surface area (Å²) in [6.07, 6.45) is 6.31. The van der Waals surface area contributed by atoms with Gasteiger partial charge < -0.3 is 11.1 Å². The first-order valence-electron chi connectivity index (χ1n) is 6.67. The van der Waals surface area contributed by atoms with Crippen molar-refractivity contribution in [1.29, 1.82) is 0 Å². The molecule has 0 amide bonds. The minimum Gasteiger partial charge on any atom is -0.328 e. The molecular weight excluding hydrogens is 216 g/mol. The van der Waals surface area contributed by atoms with Crippen LogP contribution in [0.15, 0.2) is 0 Å². The molecule has 2 nitrogen and oxygen atoms in total. The van der Waals surface area contributed by atoms with Gasteiger partial charge in [-0.1, -0.05) is 13.8 Å². The fraction of sp³-hybridized carbons (Fsp3) is 1.00. The van der Waals surface area contributed by atoms with E-state index < -0.39 is 0 Å². The Hall–Kier alpha value is 0.270. The van der Waals surface area contributed by atoms with Crippen LogP contribution in [-0.2, 0) is 0 Å². The van der Waals surface area contributed by atoms with Crippen LogP contribution in [-0.4, -0.2) is 29.6 Å². The first-order chi connectivity index (χ1) is 7.58. The highest BCUT2D eigenvalue weighted by Crippen LogP contribution is 2.35. The zero-order valence-corrected chi connectivity index (χ0v) is 11.5. The highest BCUT2D eigenvalue weighted by molar-refractivity contribution is 7.99. The summed E-state index contributed by atoms with van der Waals surface area (Å²) in [6, 6.07) is 1.89. The van der Waals surface area contributed by atoms with Crippen molar-refractivity contribution in [3.8, 4) is 0 Å². The van der Waals surface area contributed by atoms with Gasteiger partial charge >= 0.3 is 0 Å². The van der Waals surface area contributed by atoms with Gasteiger partial charge in [0.1, 0.15) is 0 Å². The summed E-state index contributed by atoms with van der Waals surface area (Å²) in [6.45, 7) is 4.83. The predicted octanol–water partition coefficient (Wildman–Crippen LogP) is 2.38. The van der Waals surface area contributed by atoms with Gasteiger partial charge in [-0.05, 0) is 43.3 Å². The van der Waals surface area contributed by atoms with Gasteiger partial charge in [-0.3, -0.25) is 0 Å². The molecule has 3 heteroatoms. The second-order valence-corrected chi connectivity index (χ2v) is 7.29. The maximum Gasteiger partial charge on any atom is 0.0212 e. The average Bonchev–Trinajstić information content (AvgIpc) is 2.24. The number of thioether (sulfide) groups is 1. The Morgan fingerprint density at radius 1 is 1.19 bits per heavy atom. The number of hydrogen-bond acceptors (Lipinski definition) is 3. The standard InChI is InChI=1S/C13H26N2S/c1-13(2)7-8-16-9-12(13)15-11-5-3-10(14)4-6-11/h10-12,15H,3-9,14H2,1-2H3. The summed E-state index contributed by atoms with van der Waals surface area (Å²) in [5, 5.41) is 3.89. The fourth-order valence-corrected chi connectivity index (χ4v) is 4.40. The van der Waals surface area contributed by atoms with Crippen molar-refractivity contribution in [2.24, 2.45) is 11.1 Å². The maximum absolute atomic E-state index is 5.95. The van der Waals surface area contributed by atoms with Crippen LogP contribution in [0.4, 0.5) is 0 Å². The monoisotopic (exact) mass is 242 g/mol. The molecule has 1 aliphatic heterocycles. The molecule has 1 saturated carbocycles. The second-order valence-electron chi connectivity index (χ2n) is 6.14. The number of hydrogen-bond donors (Lipinski definition) is 2. The lowest BCUT2D eigenvalue weighted by Gasteiger charge is -2.42. The molecule has 1 unspecified atom stereocenters. The molecule has 1 aliphatic carbocycles. The van der Waals surface area contributed by atoms with Gasteiger partial charge in [0.05, 0.1) is 0 Å². The second kappa shape index (κ2) is 5.28. The molecule has 1 atom stereocenters. The van der Waals surface area contributed by atoms with E-state index in [0.717, 1.165) is 6.04 Å². The van der Waals surface area contributed by atoms with Gasteiger partial charge in [0.15, 0.2) is 0 Å². The first-order valence-corrected chi connectivity index (χ1v) is 7.83. The lowest BCUT2D eigenvalue weighted by Crippen LogP contribution is -2.52. The molecule has 3 N–H and O–H groups in total. The normalized spacial score (nSPS) is 39.6. The lowest BCUT2D eigenvalue weighted by atomic mass is 9.81. The Kier molecular flexibility index (Phi) is 4.20. The van der Waals surface area contributed by atoms with Crippen LogP contribution in [0.3, 0.4) is 0 Å². The molecule has 0 aromatic carbocycles. The van der Waals surface area contributed by atoms with Crippen LogP contribution >= 0.6 is 11.8 Å². The van der Waals surface area contributed by atoms with Crippen molar-refractivity contribution in [1.82, 2.24) is 5.32 Å². The quantitative estimate of drug-likeness (QED) is 0.781. The molecule has 2 aliphatic rings. The summed E-state index contributed by atoms with van der Waals surface area (Å²) in [4.78, 5) is 0. The molecule has 0 aromatic heterocycles. The van der Waals surface area contributed by atoms with Crippen LogP contribution < -0.4 is 11.1 Å². The molecule has 0 radical (unpaired) electrons. The largest absolute Gasteiger partial charge is 0.328 e. The SMILES string of the molecule is CC1(C)CCSCC1NC1CCC(N)CC1. The summed E-state index contributed by atoms with van der Waals surface area (Å²) in [5.41, 5.74) is 6.43. The zero-order valence-electron chi connectivity index (χ0n) is 10.7. The Bertz CT molecular complexity index is 222. The minimum atomic E-state index is 0.465. The molecule has 94 valence electrons. The lowest BCUT2D eigenvalue weighted by molar-refractivity contribution is 0.207. The van der Waals surface area contributed by atoms with Crippen molar-refractivity contribution in [2.45, 2.75) is 64.1 Å². The molecule has 1 heterocycles. The summed E-state index contributed by atoms with van der Waals surface area (Å²) in [7, 11) is 0. The summed E-state index contributed by atoms with van der Waals surface area (Å²) < 4.78 is 0. The Balaban J connectivity index is 1.84. The first kappa shape index (κ1) is 12.7. The van der Waals surface area contributed by atoms with E-state index in [9.17, 15) is 0 Å². The van der Waals surface area contributed by atoms with Gasteiger partial charge in [-0.25, -0.2) is 0 Å². The third-order valence-corrected chi connectivity index (χ3v) is 5.39. The number of rotatable bonds is 2. The zero-order chi connectivity index (χ0) is 11.6. The van der Waals surface area contributed by atoms with E-state index in [0.29, 0.717) is 17.5 Å². The van der Waals surface area contributed by atoms with Crippen LogP contribution in [0.5, 0.6) is 0 Å². The molecule has 0 aromatic rings. The van der Waals surface area contributed by atoms with Gasteiger partial charge in [0, 0.05) is 23.9 Å². The van der Waals surface area contributed by atoms with Crippen LogP contribution in [0, 0.1) is 5.41 Å². The van der Waals surface area contributed by atoms with Gasteiger partial charge in [-0.2, -0.15) is 11.8 Å².